The van der Waals surface area contributed by atoms with Gasteiger partial charge < -0.3 is 11.1 Å². The molecule has 0 bridgehead atoms. The van der Waals surface area contributed by atoms with Gasteiger partial charge in [0, 0.05) is 0 Å². The van der Waals surface area contributed by atoms with Gasteiger partial charge in [-0.05, 0) is 12.1 Å². The molecular weight excluding hydrogens is 192 g/mol. The maximum absolute atomic E-state index is 11.5. The number of terminal acetylenes is 1. The van der Waals surface area contributed by atoms with Crippen LogP contribution in [0.1, 0.15) is 20.7 Å². The first-order valence-corrected chi connectivity index (χ1v) is 4.27. The fraction of sp³-hybridized carbons (Fsp3) is 0.0909. The first-order chi connectivity index (χ1) is 7.16. The second-order valence-electron chi connectivity index (χ2n) is 2.80. The summed E-state index contributed by atoms with van der Waals surface area (Å²) in [6.07, 6.45) is 5.00. The zero-order valence-corrected chi connectivity index (χ0v) is 7.99. The number of nitrogens with one attached hydrogen (secondary N) is 1. The molecule has 4 nitrogen and oxygen atoms in total. The number of hydrogen-bond acceptors (Lipinski definition) is 2. The zero-order valence-electron chi connectivity index (χ0n) is 7.99. The van der Waals surface area contributed by atoms with Gasteiger partial charge in [-0.15, -0.1) is 6.42 Å². The molecule has 1 aromatic rings. The minimum absolute atomic E-state index is 0.117. The molecule has 0 radical (unpaired) electrons. The molecule has 0 fully saturated rings. The van der Waals surface area contributed by atoms with Crippen molar-refractivity contribution < 1.29 is 9.59 Å². The largest absolute Gasteiger partial charge is 0.366 e. The summed E-state index contributed by atoms with van der Waals surface area (Å²) < 4.78 is 0. The van der Waals surface area contributed by atoms with Crippen molar-refractivity contribution in [3.05, 3.63) is 35.4 Å². The predicted molar refractivity (Wildman–Crippen MR) is 56.1 cm³/mol. The molecule has 3 N–H and O–H groups in total. The van der Waals surface area contributed by atoms with Crippen LogP contribution in [0, 0.1) is 12.3 Å². The number of hydrogen-bond donors (Lipinski definition) is 2. The molecule has 1 aromatic carbocycles. The average Bonchev–Trinajstić information content (AvgIpc) is 2.25. The van der Waals surface area contributed by atoms with Crippen LogP contribution >= 0.6 is 0 Å². The lowest BCUT2D eigenvalue weighted by Gasteiger charge is -2.05. The van der Waals surface area contributed by atoms with Gasteiger partial charge in [-0.3, -0.25) is 9.59 Å². The van der Waals surface area contributed by atoms with Crippen molar-refractivity contribution in [2.45, 2.75) is 0 Å². The highest BCUT2D eigenvalue weighted by molar-refractivity contribution is 6.06. The van der Waals surface area contributed by atoms with E-state index >= 15 is 0 Å². The van der Waals surface area contributed by atoms with Gasteiger partial charge in [0.1, 0.15) is 0 Å². The third kappa shape index (κ3) is 2.58. The highest BCUT2D eigenvalue weighted by Gasteiger charge is 2.13. The van der Waals surface area contributed by atoms with E-state index in [1.54, 1.807) is 12.1 Å². The van der Waals surface area contributed by atoms with Gasteiger partial charge in [0.25, 0.3) is 5.91 Å². The van der Waals surface area contributed by atoms with Crippen LogP contribution in [0.5, 0.6) is 0 Å². The third-order valence-electron chi connectivity index (χ3n) is 1.79. The number of carbonyl (C=O) groups is 2. The van der Waals surface area contributed by atoms with Gasteiger partial charge in [-0.2, -0.15) is 0 Å². The van der Waals surface area contributed by atoms with Gasteiger partial charge in [0.15, 0.2) is 0 Å². The predicted octanol–water partition coefficient (Wildman–Crippen LogP) is 0.149. The number of benzene rings is 1. The Morgan fingerprint density at radius 1 is 1.33 bits per heavy atom. The van der Waals surface area contributed by atoms with E-state index in [0.29, 0.717) is 0 Å². The number of carbonyl (C=O) groups excluding carboxylic acids is 2. The van der Waals surface area contributed by atoms with E-state index in [-0.39, 0.29) is 17.7 Å². The maximum atomic E-state index is 11.5. The Labute approximate surface area is 87.5 Å². The van der Waals surface area contributed by atoms with Crippen LogP contribution in [0.3, 0.4) is 0 Å². The van der Waals surface area contributed by atoms with Crippen molar-refractivity contribution >= 4 is 11.8 Å². The molecule has 0 saturated heterocycles. The Balaban J connectivity index is 2.98. The molecular formula is C11H10N2O2. The summed E-state index contributed by atoms with van der Waals surface area (Å²) in [7, 11) is 0. The molecule has 15 heavy (non-hydrogen) atoms. The van der Waals surface area contributed by atoms with Gasteiger partial charge >= 0.3 is 0 Å². The van der Waals surface area contributed by atoms with Crippen molar-refractivity contribution in [3.63, 3.8) is 0 Å². The van der Waals surface area contributed by atoms with Crippen LogP contribution in [0.2, 0.25) is 0 Å². The summed E-state index contributed by atoms with van der Waals surface area (Å²) in [5.41, 5.74) is 5.55. The van der Waals surface area contributed by atoms with Crippen LogP contribution in [0.4, 0.5) is 0 Å². The van der Waals surface area contributed by atoms with Crippen molar-refractivity contribution in [1.29, 1.82) is 0 Å². The van der Waals surface area contributed by atoms with Crippen molar-refractivity contribution in [2.24, 2.45) is 5.73 Å². The summed E-state index contributed by atoms with van der Waals surface area (Å²) in [5.74, 6) is 1.23. The van der Waals surface area contributed by atoms with Crippen LogP contribution in [0.15, 0.2) is 24.3 Å². The molecule has 76 valence electrons. The van der Waals surface area contributed by atoms with Gasteiger partial charge in [-0.1, -0.05) is 18.1 Å². The average molecular weight is 202 g/mol. The Morgan fingerprint density at radius 3 is 2.47 bits per heavy atom. The molecule has 0 heterocycles. The Morgan fingerprint density at radius 2 is 1.93 bits per heavy atom. The van der Waals surface area contributed by atoms with E-state index < -0.39 is 11.8 Å². The molecule has 0 unspecified atom stereocenters. The molecule has 1 rings (SSSR count). The summed E-state index contributed by atoms with van der Waals surface area (Å²) in [6.45, 7) is 0.117. The normalized spacial score (nSPS) is 9.00. The zero-order chi connectivity index (χ0) is 11.3. The van der Waals surface area contributed by atoms with E-state index in [0.717, 1.165) is 0 Å². The molecule has 0 atom stereocenters. The summed E-state index contributed by atoms with van der Waals surface area (Å²) >= 11 is 0. The van der Waals surface area contributed by atoms with E-state index in [4.69, 9.17) is 12.2 Å². The summed E-state index contributed by atoms with van der Waals surface area (Å²) in [5, 5.41) is 2.46. The molecule has 4 heteroatoms. The molecule has 0 aromatic heterocycles. The Kier molecular flexibility index (Phi) is 3.47. The standard InChI is InChI=1S/C11H10N2O2/c1-2-7-13-11(15)9-6-4-3-5-8(9)10(12)14/h1,3-6H,7H2,(H2,12,14)(H,13,15). The van der Waals surface area contributed by atoms with Crippen LogP contribution < -0.4 is 11.1 Å². The Hall–Kier alpha value is -2.28. The van der Waals surface area contributed by atoms with E-state index in [1.165, 1.54) is 12.1 Å². The number of rotatable bonds is 3. The maximum Gasteiger partial charge on any atom is 0.252 e. The van der Waals surface area contributed by atoms with E-state index in [2.05, 4.69) is 11.2 Å². The number of amides is 2. The first-order valence-electron chi connectivity index (χ1n) is 4.27. The van der Waals surface area contributed by atoms with E-state index in [9.17, 15) is 9.59 Å². The SMILES string of the molecule is C#CCNC(=O)c1ccccc1C(N)=O. The topological polar surface area (TPSA) is 72.2 Å². The smallest absolute Gasteiger partial charge is 0.252 e. The van der Waals surface area contributed by atoms with Crippen molar-refractivity contribution in [2.75, 3.05) is 6.54 Å². The van der Waals surface area contributed by atoms with Crippen LogP contribution in [0.25, 0.3) is 0 Å². The second kappa shape index (κ2) is 4.82. The fourth-order valence-corrected chi connectivity index (χ4v) is 1.12. The van der Waals surface area contributed by atoms with Crippen molar-refractivity contribution in [3.8, 4) is 12.3 Å². The number of primary amides is 1. The highest BCUT2D eigenvalue weighted by atomic mass is 16.2. The molecule has 0 saturated carbocycles. The molecule has 0 aliphatic carbocycles. The minimum atomic E-state index is -0.638. The van der Waals surface area contributed by atoms with Gasteiger partial charge in [0.05, 0.1) is 17.7 Å². The lowest BCUT2D eigenvalue weighted by molar-refractivity contribution is 0.0940. The van der Waals surface area contributed by atoms with Crippen LogP contribution in [-0.2, 0) is 0 Å². The molecule has 0 aliphatic rings. The third-order valence-corrected chi connectivity index (χ3v) is 1.79. The molecule has 0 aliphatic heterocycles. The summed E-state index contributed by atoms with van der Waals surface area (Å²) in [4.78, 5) is 22.5. The highest BCUT2D eigenvalue weighted by Crippen LogP contribution is 2.07. The van der Waals surface area contributed by atoms with E-state index in [1.807, 2.05) is 0 Å². The monoisotopic (exact) mass is 202 g/mol. The quantitative estimate of drug-likeness (QED) is 0.685. The lowest BCUT2D eigenvalue weighted by Crippen LogP contribution is -2.26. The molecule has 0 spiro atoms. The molecule has 2 amide bonds. The first kappa shape index (κ1) is 10.8. The van der Waals surface area contributed by atoms with Crippen molar-refractivity contribution in [1.82, 2.24) is 5.32 Å². The lowest BCUT2D eigenvalue weighted by atomic mass is 10.1. The Bertz CT molecular complexity index is 432. The summed E-state index contributed by atoms with van der Waals surface area (Å²) in [6, 6.07) is 6.30. The second-order valence-corrected chi connectivity index (χ2v) is 2.80. The van der Waals surface area contributed by atoms with Gasteiger partial charge in [0.2, 0.25) is 5.91 Å². The van der Waals surface area contributed by atoms with Crippen LogP contribution in [-0.4, -0.2) is 18.4 Å². The fourth-order valence-electron chi connectivity index (χ4n) is 1.12. The number of nitrogens with two attached hydrogens (primary N) is 1. The van der Waals surface area contributed by atoms with Gasteiger partial charge in [-0.25, -0.2) is 0 Å². The minimum Gasteiger partial charge on any atom is -0.366 e.